The number of ether oxygens (including phenoxy) is 2. The average molecular weight is 326 g/mol. The molecule has 0 atom stereocenters. The smallest absolute Gasteiger partial charge is 0.142 e. The van der Waals surface area contributed by atoms with Crippen molar-refractivity contribution >= 4 is 28.9 Å². The zero-order valence-electron chi connectivity index (χ0n) is 11.5. The standard InChI is InChI=1S/C16H17Cl2NO2/c17-12-7-8-13(18)16(11-12)21-10-4-3-9-20-15-6-2-1-5-14(15)19/h1-2,5-8,11H,3-4,9-10,19H2. The number of nitrogens with two attached hydrogens (primary N) is 1. The number of unbranched alkanes of at least 4 members (excludes halogenated alkanes) is 1. The van der Waals surface area contributed by atoms with Crippen LogP contribution in [0, 0.1) is 0 Å². The number of nitrogen functional groups attached to an aromatic ring is 1. The van der Waals surface area contributed by atoms with Crippen molar-refractivity contribution in [3.8, 4) is 11.5 Å². The molecule has 0 amide bonds. The van der Waals surface area contributed by atoms with Crippen LogP contribution in [-0.4, -0.2) is 13.2 Å². The van der Waals surface area contributed by atoms with Crippen molar-refractivity contribution in [2.45, 2.75) is 12.8 Å². The molecule has 2 aromatic carbocycles. The molecular weight excluding hydrogens is 309 g/mol. The number of hydrogen-bond donors (Lipinski definition) is 1. The number of anilines is 1. The van der Waals surface area contributed by atoms with Crippen LogP contribution in [0.3, 0.4) is 0 Å². The highest BCUT2D eigenvalue weighted by molar-refractivity contribution is 6.34. The zero-order chi connectivity index (χ0) is 15.1. The van der Waals surface area contributed by atoms with Crippen molar-refractivity contribution in [1.29, 1.82) is 0 Å². The third-order valence-electron chi connectivity index (χ3n) is 2.87. The Labute approximate surface area is 134 Å². The molecule has 0 unspecified atom stereocenters. The summed E-state index contributed by atoms with van der Waals surface area (Å²) in [7, 11) is 0. The molecular formula is C16H17Cl2NO2. The molecule has 0 aromatic heterocycles. The molecule has 0 saturated carbocycles. The quantitative estimate of drug-likeness (QED) is 0.586. The third kappa shape index (κ3) is 5.03. The summed E-state index contributed by atoms with van der Waals surface area (Å²) in [6, 6.07) is 12.6. The highest BCUT2D eigenvalue weighted by Gasteiger charge is 2.02. The Morgan fingerprint density at radius 3 is 2.24 bits per heavy atom. The molecule has 5 heteroatoms. The first-order chi connectivity index (χ1) is 10.2. The van der Waals surface area contributed by atoms with Crippen LogP contribution >= 0.6 is 23.2 Å². The van der Waals surface area contributed by atoms with Crippen LogP contribution in [0.2, 0.25) is 10.0 Å². The Balaban J connectivity index is 1.66. The summed E-state index contributed by atoms with van der Waals surface area (Å²) in [6.07, 6.45) is 1.72. The van der Waals surface area contributed by atoms with Gasteiger partial charge in [-0.1, -0.05) is 35.3 Å². The van der Waals surface area contributed by atoms with E-state index in [1.165, 1.54) is 0 Å². The molecule has 0 bridgehead atoms. The molecule has 2 N–H and O–H groups in total. The van der Waals surface area contributed by atoms with Gasteiger partial charge in [0.05, 0.1) is 23.9 Å². The second-order valence-corrected chi connectivity index (χ2v) is 5.36. The van der Waals surface area contributed by atoms with Crippen LogP contribution in [0.15, 0.2) is 42.5 Å². The molecule has 0 saturated heterocycles. The average Bonchev–Trinajstić information content (AvgIpc) is 2.48. The highest BCUT2D eigenvalue weighted by atomic mass is 35.5. The Kier molecular flexibility index (Phi) is 6.03. The van der Waals surface area contributed by atoms with Crippen LogP contribution in [0.5, 0.6) is 11.5 Å². The molecule has 112 valence electrons. The maximum absolute atomic E-state index is 6.01. The van der Waals surface area contributed by atoms with Crippen molar-refractivity contribution in [2.75, 3.05) is 18.9 Å². The van der Waals surface area contributed by atoms with Crippen LogP contribution in [0.25, 0.3) is 0 Å². The van der Waals surface area contributed by atoms with Gasteiger partial charge in [-0.3, -0.25) is 0 Å². The molecule has 0 aliphatic rings. The molecule has 0 fully saturated rings. The second kappa shape index (κ2) is 8.01. The van der Waals surface area contributed by atoms with Crippen molar-refractivity contribution in [2.24, 2.45) is 0 Å². The number of benzene rings is 2. The zero-order valence-corrected chi connectivity index (χ0v) is 13.0. The lowest BCUT2D eigenvalue weighted by Gasteiger charge is -2.10. The molecule has 3 nitrogen and oxygen atoms in total. The van der Waals surface area contributed by atoms with Gasteiger partial charge in [-0.05, 0) is 37.1 Å². The van der Waals surface area contributed by atoms with Crippen molar-refractivity contribution < 1.29 is 9.47 Å². The van der Waals surface area contributed by atoms with E-state index < -0.39 is 0 Å². The predicted molar refractivity (Wildman–Crippen MR) is 87.5 cm³/mol. The Morgan fingerprint density at radius 2 is 1.52 bits per heavy atom. The summed E-state index contributed by atoms with van der Waals surface area (Å²) >= 11 is 11.9. The summed E-state index contributed by atoms with van der Waals surface area (Å²) in [4.78, 5) is 0. The number of halogens is 2. The van der Waals surface area contributed by atoms with Gasteiger partial charge in [-0.25, -0.2) is 0 Å². The minimum absolute atomic E-state index is 0.563. The maximum Gasteiger partial charge on any atom is 0.142 e. The van der Waals surface area contributed by atoms with E-state index in [0.717, 1.165) is 18.6 Å². The molecule has 21 heavy (non-hydrogen) atoms. The molecule has 0 radical (unpaired) electrons. The topological polar surface area (TPSA) is 44.5 Å². The fraction of sp³-hybridized carbons (Fsp3) is 0.250. The first kappa shape index (κ1) is 15.8. The van der Waals surface area contributed by atoms with Gasteiger partial charge in [0, 0.05) is 11.1 Å². The normalized spacial score (nSPS) is 10.4. The van der Waals surface area contributed by atoms with E-state index in [1.807, 2.05) is 24.3 Å². The fourth-order valence-corrected chi connectivity index (χ4v) is 2.10. The van der Waals surface area contributed by atoms with Crippen LogP contribution < -0.4 is 15.2 Å². The molecule has 2 rings (SSSR count). The number of para-hydroxylation sites is 2. The highest BCUT2D eigenvalue weighted by Crippen LogP contribution is 2.27. The summed E-state index contributed by atoms with van der Waals surface area (Å²) in [5.41, 5.74) is 6.44. The van der Waals surface area contributed by atoms with Gasteiger partial charge in [0.2, 0.25) is 0 Å². The van der Waals surface area contributed by atoms with Crippen molar-refractivity contribution in [1.82, 2.24) is 0 Å². The van der Waals surface area contributed by atoms with Crippen molar-refractivity contribution in [3.05, 3.63) is 52.5 Å². The van der Waals surface area contributed by atoms with Gasteiger partial charge >= 0.3 is 0 Å². The fourth-order valence-electron chi connectivity index (χ4n) is 1.77. The summed E-state index contributed by atoms with van der Waals surface area (Å²) in [5.74, 6) is 1.33. The van der Waals surface area contributed by atoms with Gasteiger partial charge < -0.3 is 15.2 Å². The number of hydrogen-bond acceptors (Lipinski definition) is 3. The second-order valence-electron chi connectivity index (χ2n) is 4.52. The Morgan fingerprint density at radius 1 is 0.857 bits per heavy atom. The van der Waals surface area contributed by atoms with Crippen LogP contribution in [0.1, 0.15) is 12.8 Å². The molecule has 0 heterocycles. The maximum atomic E-state index is 6.01. The Bertz CT molecular complexity index is 590. The van der Waals surface area contributed by atoms with E-state index >= 15 is 0 Å². The third-order valence-corrected chi connectivity index (χ3v) is 3.41. The first-order valence-corrected chi connectivity index (χ1v) is 7.47. The first-order valence-electron chi connectivity index (χ1n) is 6.72. The largest absolute Gasteiger partial charge is 0.492 e. The van der Waals surface area contributed by atoms with Crippen LogP contribution in [-0.2, 0) is 0 Å². The Hall–Kier alpha value is -1.58. The van der Waals surface area contributed by atoms with E-state index in [1.54, 1.807) is 18.2 Å². The molecule has 0 spiro atoms. The lowest BCUT2D eigenvalue weighted by Crippen LogP contribution is -2.04. The van der Waals surface area contributed by atoms with E-state index in [2.05, 4.69) is 0 Å². The van der Waals surface area contributed by atoms with Crippen LogP contribution in [0.4, 0.5) is 5.69 Å². The van der Waals surface area contributed by atoms with Gasteiger partial charge in [-0.2, -0.15) is 0 Å². The minimum Gasteiger partial charge on any atom is -0.492 e. The summed E-state index contributed by atoms with van der Waals surface area (Å²) in [5, 5.41) is 1.17. The van der Waals surface area contributed by atoms with Gasteiger partial charge in [0.1, 0.15) is 11.5 Å². The monoisotopic (exact) mass is 325 g/mol. The SMILES string of the molecule is Nc1ccccc1OCCCCOc1cc(Cl)ccc1Cl. The van der Waals surface area contributed by atoms with Crippen molar-refractivity contribution in [3.63, 3.8) is 0 Å². The summed E-state index contributed by atoms with van der Waals surface area (Å²) < 4.78 is 11.2. The molecule has 0 aliphatic carbocycles. The lowest BCUT2D eigenvalue weighted by atomic mass is 10.3. The molecule has 2 aromatic rings. The van der Waals surface area contributed by atoms with E-state index in [0.29, 0.717) is 34.7 Å². The summed E-state index contributed by atoms with van der Waals surface area (Å²) in [6.45, 7) is 1.16. The van der Waals surface area contributed by atoms with Gasteiger partial charge in [0.15, 0.2) is 0 Å². The van der Waals surface area contributed by atoms with Gasteiger partial charge in [-0.15, -0.1) is 0 Å². The molecule has 0 aliphatic heterocycles. The minimum atomic E-state index is 0.563. The predicted octanol–water partition coefficient (Wildman–Crippen LogP) is 4.81. The number of rotatable bonds is 7. The van der Waals surface area contributed by atoms with E-state index in [-0.39, 0.29) is 0 Å². The lowest BCUT2D eigenvalue weighted by molar-refractivity contribution is 0.267. The van der Waals surface area contributed by atoms with Gasteiger partial charge in [0.25, 0.3) is 0 Å². The van der Waals surface area contributed by atoms with E-state index in [9.17, 15) is 0 Å². The van der Waals surface area contributed by atoms with E-state index in [4.69, 9.17) is 38.4 Å².